The number of para-hydroxylation sites is 3. The summed E-state index contributed by atoms with van der Waals surface area (Å²) in [5.41, 5.74) is 16.2. The molecule has 1 aromatic heterocycles. The van der Waals surface area contributed by atoms with Crippen LogP contribution in [0, 0.1) is 0 Å². The van der Waals surface area contributed by atoms with E-state index in [-0.39, 0.29) is 0 Å². The van der Waals surface area contributed by atoms with Crippen LogP contribution in [0.2, 0.25) is 0 Å². The zero-order valence-corrected chi connectivity index (χ0v) is 33.0. The Morgan fingerprint density at radius 2 is 0.817 bits per heavy atom. The van der Waals surface area contributed by atoms with Gasteiger partial charge in [-0.3, -0.25) is 0 Å². The van der Waals surface area contributed by atoms with Crippen molar-refractivity contribution in [3.05, 3.63) is 243 Å². The lowest BCUT2D eigenvalue weighted by atomic mass is 9.92. The normalized spacial score (nSPS) is 11.3. The molecule has 0 saturated heterocycles. The fraction of sp³-hybridized carbons (Fsp3) is 0. The van der Waals surface area contributed by atoms with Crippen molar-refractivity contribution in [2.75, 3.05) is 4.90 Å². The maximum Gasteiger partial charge on any atom is 0.0561 e. The van der Waals surface area contributed by atoms with E-state index >= 15 is 0 Å². The minimum Gasteiger partial charge on any atom is -0.309 e. The third-order valence-corrected chi connectivity index (χ3v) is 11.8. The summed E-state index contributed by atoms with van der Waals surface area (Å²) < 4.78 is 2.41. The first-order valence-electron chi connectivity index (χ1n) is 20.6. The largest absolute Gasteiger partial charge is 0.309 e. The Morgan fingerprint density at radius 1 is 0.283 bits per heavy atom. The Kier molecular flexibility index (Phi) is 8.87. The molecule has 11 rings (SSSR count). The minimum absolute atomic E-state index is 1.07. The van der Waals surface area contributed by atoms with Crippen molar-refractivity contribution in [2.24, 2.45) is 0 Å². The highest BCUT2D eigenvalue weighted by atomic mass is 15.1. The standard InChI is InChI=1S/C58H40N2/c1-4-17-41(18-5-1)43-31-33-45(34-32-43)50-26-12-14-29-55(50)60(48-36-37-53-52-27-13-15-30-56(52)59(58(53)40-48)47-23-8-3-9-24-47)57-38-35-46(42-19-6-2-7-20-42)39-54(57)51-28-16-22-44-21-10-11-25-49(44)51/h1-40H. The number of nitrogens with zero attached hydrogens (tertiary/aromatic N) is 2. The summed E-state index contributed by atoms with van der Waals surface area (Å²) >= 11 is 0. The molecule has 10 aromatic carbocycles. The van der Waals surface area contributed by atoms with Gasteiger partial charge in [-0.15, -0.1) is 0 Å². The van der Waals surface area contributed by atoms with Crippen molar-refractivity contribution < 1.29 is 0 Å². The zero-order chi connectivity index (χ0) is 39.8. The van der Waals surface area contributed by atoms with E-state index in [4.69, 9.17) is 0 Å². The molecule has 2 nitrogen and oxygen atoms in total. The Hall–Kier alpha value is -7.94. The van der Waals surface area contributed by atoms with Gasteiger partial charge in [0.1, 0.15) is 0 Å². The molecule has 0 spiro atoms. The van der Waals surface area contributed by atoms with Gasteiger partial charge in [-0.05, 0) is 92.7 Å². The van der Waals surface area contributed by atoms with Crippen LogP contribution in [-0.2, 0) is 0 Å². The lowest BCUT2D eigenvalue weighted by Gasteiger charge is -2.31. The quantitative estimate of drug-likeness (QED) is 0.150. The van der Waals surface area contributed by atoms with Crippen LogP contribution in [0.4, 0.5) is 17.1 Å². The van der Waals surface area contributed by atoms with Gasteiger partial charge in [-0.25, -0.2) is 0 Å². The zero-order valence-electron chi connectivity index (χ0n) is 33.0. The highest BCUT2D eigenvalue weighted by Gasteiger charge is 2.24. The first-order valence-corrected chi connectivity index (χ1v) is 20.6. The molecular formula is C58H40N2. The summed E-state index contributed by atoms with van der Waals surface area (Å²) in [4.78, 5) is 2.48. The van der Waals surface area contributed by atoms with Crippen LogP contribution in [0.1, 0.15) is 0 Å². The van der Waals surface area contributed by atoms with Gasteiger partial charge < -0.3 is 9.47 Å². The van der Waals surface area contributed by atoms with E-state index in [1.165, 1.54) is 54.9 Å². The van der Waals surface area contributed by atoms with Gasteiger partial charge in [-0.2, -0.15) is 0 Å². The maximum atomic E-state index is 2.48. The van der Waals surface area contributed by atoms with E-state index < -0.39 is 0 Å². The van der Waals surface area contributed by atoms with Crippen LogP contribution >= 0.6 is 0 Å². The van der Waals surface area contributed by atoms with E-state index in [1.807, 2.05) is 0 Å². The van der Waals surface area contributed by atoms with Crippen LogP contribution in [0.3, 0.4) is 0 Å². The predicted molar refractivity (Wildman–Crippen MR) is 255 cm³/mol. The second-order valence-electron chi connectivity index (χ2n) is 15.3. The van der Waals surface area contributed by atoms with Crippen molar-refractivity contribution in [1.29, 1.82) is 0 Å². The predicted octanol–water partition coefficient (Wildman–Crippen LogP) is 16.1. The number of anilines is 3. The smallest absolute Gasteiger partial charge is 0.0561 e. The third-order valence-electron chi connectivity index (χ3n) is 11.8. The molecule has 0 N–H and O–H groups in total. The van der Waals surface area contributed by atoms with Gasteiger partial charge in [0.15, 0.2) is 0 Å². The van der Waals surface area contributed by atoms with E-state index in [1.54, 1.807) is 0 Å². The molecule has 282 valence electrons. The molecule has 1 heterocycles. The summed E-state index contributed by atoms with van der Waals surface area (Å²) in [6.07, 6.45) is 0. The van der Waals surface area contributed by atoms with E-state index in [0.29, 0.717) is 0 Å². The SMILES string of the molecule is c1ccc(-c2ccc(-c3ccccc3N(c3ccc4c5ccccc5n(-c5ccccc5)c4c3)c3ccc(-c4ccccc4)cc3-c3cccc4ccccc34)cc2)cc1. The van der Waals surface area contributed by atoms with Gasteiger partial charge in [0.2, 0.25) is 0 Å². The molecular weight excluding hydrogens is 725 g/mol. The fourth-order valence-electron chi connectivity index (χ4n) is 8.96. The Balaban J connectivity index is 1.20. The van der Waals surface area contributed by atoms with Crippen molar-refractivity contribution in [2.45, 2.75) is 0 Å². The maximum absolute atomic E-state index is 2.48. The number of benzene rings is 10. The molecule has 0 bridgehead atoms. The highest BCUT2D eigenvalue weighted by molar-refractivity contribution is 6.11. The lowest BCUT2D eigenvalue weighted by Crippen LogP contribution is -2.13. The van der Waals surface area contributed by atoms with E-state index in [0.717, 1.165) is 45.0 Å². The summed E-state index contributed by atoms with van der Waals surface area (Å²) in [6, 6.07) is 88.1. The molecule has 0 amide bonds. The monoisotopic (exact) mass is 764 g/mol. The number of fused-ring (bicyclic) bond motifs is 4. The minimum atomic E-state index is 1.07. The van der Waals surface area contributed by atoms with Crippen LogP contribution in [0.15, 0.2) is 243 Å². The molecule has 0 unspecified atom stereocenters. The van der Waals surface area contributed by atoms with Gasteiger partial charge in [-0.1, -0.05) is 194 Å². The first kappa shape index (κ1) is 35.2. The number of hydrogen-bond acceptors (Lipinski definition) is 1. The molecule has 0 radical (unpaired) electrons. The average molecular weight is 765 g/mol. The molecule has 2 heteroatoms. The van der Waals surface area contributed by atoms with Crippen LogP contribution < -0.4 is 4.90 Å². The number of rotatable bonds is 8. The molecule has 60 heavy (non-hydrogen) atoms. The Morgan fingerprint density at radius 3 is 1.60 bits per heavy atom. The van der Waals surface area contributed by atoms with Gasteiger partial charge in [0.25, 0.3) is 0 Å². The van der Waals surface area contributed by atoms with E-state index in [9.17, 15) is 0 Å². The van der Waals surface area contributed by atoms with Crippen LogP contribution in [-0.4, -0.2) is 4.57 Å². The van der Waals surface area contributed by atoms with Gasteiger partial charge in [0, 0.05) is 33.3 Å². The Labute approximate surface area is 350 Å². The number of hydrogen-bond donors (Lipinski definition) is 0. The topological polar surface area (TPSA) is 8.17 Å². The second-order valence-corrected chi connectivity index (χ2v) is 15.3. The van der Waals surface area contributed by atoms with Crippen LogP contribution in [0.5, 0.6) is 0 Å². The van der Waals surface area contributed by atoms with Gasteiger partial charge >= 0.3 is 0 Å². The molecule has 0 atom stereocenters. The number of aromatic nitrogens is 1. The summed E-state index contributed by atoms with van der Waals surface area (Å²) in [5.74, 6) is 0. The van der Waals surface area contributed by atoms with Crippen molar-refractivity contribution in [3.8, 4) is 50.2 Å². The summed E-state index contributed by atoms with van der Waals surface area (Å²) in [7, 11) is 0. The molecule has 11 aromatic rings. The van der Waals surface area contributed by atoms with Crippen molar-refractivity contribution >= 4 is 49.6 Å². The lowest BCUT2D eigenvalue weighted by molar-refractivity contribution is 1.18. The van der Waals surface area contributed by atoms with Crippen molar-refractivity contribution in [3.63, 3.8) is 0 Å². The van der Waals surface area contributed by atoms with E-state index in [2.05, 4.69) is 252 Å². The molecule has 0 aliphatic carbocycles. The molecule has 0 aliphatic rings. The Bertz CT molecular complexity index is 3290. The fourth-order valence-corrected chi connectivity index (χ4v) is 8.96. The van der Waals surface area contributed by atoms with Gasteiger partial charge in [0.05, 0.1) is 22.4 Å². The van der Waals surface area contributed by atoms with Crippen LogP contribution in [0.25, 0.3) is 82.8 Å². The average Bonchev–Trinajstić information content (AvgIpc) is 3.66. The molecule has 0 saturated carbocycles. The summed E-state index contributed by atoms with van der Waals surface area (Å²) in [6.45, 7) is 0. The first-order chi connectivity index (χ1) is 29.8. The molecule has 0 fully saturated rings. The highest BCUT2D eigenvalue weighted by Crippen LogP contribution is 2.48. The summed E-state index contributed by atoms with van der Waals surface area (Å²) in [5, 5.41) is 4.88. The van der Waals surface area contributed by atoms with Crippen molar-refractivity contribution in [1.82, 2.24) is 4.57 Å². The molecule has 0 aliphatic heterocycles. The second kappa shape index (κ2) is 15.1. The third kappa shape index (κ3) is 6.23.